The van der Waals surface area contributed by atoms with Crippen molar-refractivity contribution in [3.63, 3.8) is 0 Å². The quantitative estimate of drug-likeness (QED) is 0.820. The first-order valence-electron chi connectivity index (χ1n) is 7.27. The third-order valence-electron chi connectivity index (χ3n) is 3.17. The summed E-state index contributed by atoms with van der Waals surface area (Å²) >= 11 is 0. The third-order valence-corrected chi connectivity index (χ3v) is 3.17. The number of anilines is 1. The van der Waals surface area contributed by atoms with Gasteiger partial charge >= 0.3 is 0 Å². The van der Waals surface area contributed by atoms with Crippen LogP contribution in [0.15, 0.2) is 48.8 Å². The van der Waals surface area contributed by atoms with Crippen LogP contribution in [-0.2, 0) is 16.1 Å². The Morgan fingerprint density at radius 3 is 2.48 bits per heavy atom. The maximum absolute atomic E-state index is 11.8. The van der Waals surface area contributed by atoms with Crippen LogP contribution in [0.25, 0.3) is 0 Å². The summed E-state index contributed by atoms with van der Waals surface area (Å²) in [6.45, 7) is 0.409. The minimum atomic E-state index is -0.202. The van der Waals surface area contributed by atoms with Crippen molar-refractivity contribution >= 4 is 17.5 Å². The zero-order valence-electron chi connectivity index (χ0n) is 12.9. The van der Waals surface area contributed by atoms with E-state index < -0.39 is 0 Å². The number of pyridine rings is 1. The molecule has 120 valence electrons. The van der Waals surface area contributed by atoms with Crippen LogP contribution >= 0.6 is 0 Å². The lowest BCUT2D eigenvalue weighted by molar-refractivity contribution is -0.124. The van der Waals surface area contributed by atoms with Crippen LogP contribution in [0.4, 0.5) is 5.69 Å². The average molecular weight is 313 g/mol. The highest BCUT2D eigenvalue weighted by atomic mass is 16.5. The maximum atomic E-state index is 11.8. The molecule has 0 saturated heterocycles. The molecule has 0 spiro atoms. The van der Waals surface area contributed by atoms with Crippen molar-refractivity contribution in [3.8, 4) is 5.75 Å². The molecule has 0 saturated carbocycles. The van der Waals surface area contributed by atoms with Gasteiger partial charge in [0.15, 0.2) is 0 Å². The molecule has 1 aromatic heterocycles. The van der Waals surface area contributed by atoms with E-state index in [-0.39, 0.29) is 24.7 Å². The molecule has 1 heterocycles. The molecule has 1 aromatic carbocycles. The first kappa shape index (κ1) is 16.5. The Hall–Kier alpha value is -2.89. The summed E-state index contributed by atoms with van der Waals surface area (Å²) in [4.78, 5) is 27.5. The molecule has 6 heteroatoms. The molecular formula is C17H19N3O3. The lowest BCUT2D eigenvalue weighted by atomic mass is 10.2. The number of ether oxygens (including phenoxy) is 1. The number of nitrogens with one attached hydrogen (secondary N) is 2. The molecule has 0 atom stereocenters. The van der Waals surface area contributed by atoms with Gasteiger partial charge in [0.05, 0.1) is 7.11 Å². The van der Waals surface area contributed by atoms with Crippen molar-refractivity contribution in [1.82, 2.24) is 10.3 Å². The standard InChI is InChI=1S/C17H19N3O3/c1-23-15-6-4-14(5-7-15)20-17(22)9-8-16(21)19-12-13-3-2-10-18-11-13/h2-7,10-11H,8-9,12H2,1H3,(H,19,21)(H,20,22). The molecule has 23 heavy (non-hydrogen) atoms. The van der Waals surface area contributed by atoms with E-state index in [9.17, 15) is 9.59 Å². The number of carbonyl (C=O) groups is 2. The number of nitrogens with zero attached hydrogens (tertiary/aromatic N) is 1. The molecule has 0 aliphatic heterocycles. The third kappa shape index (κ3) is 5.78. The smallest absolute Gasteiger partial charge is 0.224 e. The lowest BCUT2D eigenvalue weighted by Gasteiger charge is -2.07. The second-order valence-corrected chi connectivity index (χ2v) is 4.91. The highest BCUT2D eigenvalue weighted by Gasteiger charge is 2.07. The van der Waals surface area contributed by atoms with Gasteiger partial charge in [0.1, 0.15) is 5.75 Å². The van der Waals surface area contributed by atoms with Crippen LogP contribution in [0.1, 0.15) is 18.4 Å². The largest absolute Gasteiger partial charge is 0.497 e. The number of benzene rings is 1. The lowest BCUT2D eigenvalue weighted by Crippen LogP contribution is -2.24. The normalized spacial score (nSPS) is 9.96. The monoisotopic (exact) mass is 313 g/mol. The summed E-state index contributed by atoms with van der Waals surface area (Å²) in [5.74, 6) is 0.350. The van der Waals surface area contributed by atoms with Gasteiger partial charge in [0.25, 0.3) is 0 Å². The Morgan fingerprint density at radius 1 is 1.09 bits per heavy atom. The number of hydrogen-bond donors (Lipinski definition) is 2. The Kier molecular flexibility index (Phi) is 6.11. The van der Waals surface area contributed by atoms with Crippen molar-refractivity contribution in [3.05, 3.63) is 54.4 Å². The van der Waals surface area contributed by atoms with Gasteiger partial charge in [-0.3, -0.25) is 14.6 Å². The van der Waals surface area contributed by atoms with Gasteiger partial charge in [0, 0.05) is 37.5 Å². The minimum absolute atomic E-state index is 0.130. The number of aromatic nitrogens is 1. The summed E-state index contributed by atoms with van der Waals surface area (Å²) in [6, 6.07) is 10.7. The molecule has 0 aliphatic carbocycles. The van der Waals surface area contributed by atoms with Crippen LogP contribution in [0.2, 0.25) is 0 Å². The summed E-state index contributed by atoms with van der Waals surface area (Å²) < 4.78 is 5.05. The van der Waals surface area contributed by atoms with Gasteiger partial charge in [-0.1, -0.05) is 6.07 Å². The van der Waals surface area contributed by atoms with E-state index in [1.807, 2.05) is 12.1 Å². The second kappa shape index (κ2) is 8.53. The van der Waals surface area contributed by atoms with Crippen molar-refractivity contribution in [1.29, 1.82) is 0 Å². The fraction of sp³-hybridized carbons (Fsp3) is 0.235. The average Bonchev–Trinajstić information content (AvgIpc) is 2.60. The number of carbonyl (C=O) groups excluding carboxylic acids is 2. The van der Waals surface area contributed by atoms with Crippen molar-refractivity contribution in [2.75, 3.05) is 12.4 Å². The van der Waals surface area contributed by atoms with Gasteiger partial charge in [0.2, 0.25) is 11.8 Å². The number of methoxy groups -OCH3 is 1. The SMILES string of the molecule is COc1ccc(NC(=O)CCC(=O)NCc2cccnc2)cc1. The molecule has 0 aliphatic rings. The number of rotatable bonds is 7. The van der Waals surface area contributed by atoms with E-state index in [1.54, 1.807) is 43.8 Å². The Balaban J connectivity index is 1.69. The molecule has 2 rings (SSSR count). The van der Waals surface area contributed by atoms with E-state index >= 15 is 0 Å². The maximum Gasteiger partial charge on any atom is 0.224 e. The van der Waals surface area contributed by atoms with Crippen molar-refractivity contribution in [2.24, 2.45) is 0 Å². The highest BCUT2D eigenvalue weighted by molar-refractivity contribution is 5.93. The van der Waals surface area contributed by atoms with Crippen LogP contribution < -0.4 is 15.4 Å². The molecule has 0 fully saturated rings. The Morgan fingerprint density at radius 2 is 1.83 bits per heavy atom. The molecule has 0 unspecified atom stereocenters. The molecule has 2 amide bonds. The second-order valence-electron chi connectivity index (χ2n) is 4.91. The van der Waals surface area contributed by atoms with Gasteiger partial charge < -0.3 is 15.4 Å². The van der Waals surface area contributed by atoms with E-state index in [4.69, 9.17) is 4.74 Å². The molecular weight excluding hydrogens is 294 g/mol. The molecule has 0 bridgehead atoms. The van der Waals surface area contributed by atoms with Gasteiger partial charge in [-0.25, -0.2) is 0 Å². The van der Waals surface area contributed by atoms with Crippen LogP contribution in [0.5, 0.6) is 5.75 Å². The fourth-order valence-corrected chi connectivity index (χ4v) is 1.92. The Labute approximate surface area is 134 Å². The summed E-state index contributed by atoms with van der Waals surface area (Å²) in [7, 11) is 1.58. The highest BCUT2D eigenvalue weighted by Crippen LogP contribution is 2.15. The van der Waals surface area contributed by atoms with Gasteiger partial charge in [-0.15, -0.1) is 0 Å². The van der Waals surface area contributed by atoms with Crippen molar-refractivity contribution < 1.29 is 14.3 Å². The van der Waals surface area contributed by atoms with Gasteiger partial charge in [-0.2, -0.15) is 0 Å². The number of amides is 2. The molecule has 2 N–H and O–H groups in total. The molecule has 0 radical (unpaired) electrons. The minimum Gasteiger partial charge on any atom is -0.497 e. The molecule has 2 aromatic rings. The zero-order valence-corrected chi connectivity index (χ0v) is 12.9. The van der Waals surface area contributed by atoms with Crippen LogP contribution in [-0.4, -0.2) is 23.9 Å². The van der Waals surface area contributed by atoms with Crippen molar-refractivity contribution in [2.45, 2.75) is 19.4 Å². The van der Waals surface area contributed by atoms with Crippen LogP contribution in [0.3, 0.4) is 0 Å². The summed E-state index contributed by atoms with van der Waals surface area (Å²) in [5, 5.41) is 5.50. The first-order chi connectivity index (χ1) is 11.2. The van der Waals surface area contributed by atoms with E-state index in [0.717, 1.165) is 11.3 Å². The number of hydrogen-bond acceptors (Lipinski definition) is 4. The van der Waals surface area contributed by atoms with E-state index in [2.05, 4.69) is 15.6 Å². The fourth-order valence-electron chi connectivity index (χ4n) is 1.92. The van der Waals surface area contributed by atoms with Gasteiger partial charge in [-0.05, 0) is 35.9 Å². The first-order valence-corrected chi connectivity index (χ1v) is 7.27. The Bertz CT molecular complexity index is 642. The molecule has 6 nitrogen and oxygen atoms in total. The zero-order chi connectivity index (χ0) is 16.5. The predicted octanol–water partition coefficient (Wildman–Crippen LogP) is 2.13. The summed E-state index contributed by atoms with van der Waals surface area (Å²) in [6.07, 6.45) is 3.64. The summed E-state index contributed by atoms with van der Waals surface area (Å²) in [5.41, 5.74) is 1.59. The van der Waals surface area contributed by atoms with E-state index in [0.29, 0.717) is 12.2 Å². The van der Waals surface area contributed by atoms with E-state index in [1.165, 1.54) is 0 Å². The predicted molar refractivity (Wildman–Crippen MR) is 86.9 cm³/mol. The topological polar surface area (TPSA) is 80.3 Å². The van der Waals surface area contributed by atoms with Crippen LogP contribution in [0, 0.1) is 0 Å².